The van der Waals surface area contributed by atoms with Crippen LogP contribution in [0.15, 0.2) is 25.9 Å². The number of halogens is 1. The zero-order chi connectivity index (χ0) is 14.5. The van der Waals surface area contributed by atoms with Crippen LogP contribution in [-0.4, -0.2) is 18.6 Å². The number of oxazole rings is 1. The second-order valence-electron chi connectivity index (χ2n) is 5.26. The predicted octanol–water partition coefficient (Wildman–Crippen LogP) is 3.88. The van der Waals surface area contributed by atoms with Gasteiger partial charge in [0, 0.05) is 20.1 Å². The van der Waals surface area contributed by atoms with Crippen LogP contribution in [-0.2, 0) is 13.1 Å². The number of nitrogens with zero attached hydrogens (tertiary/aromatic N) is 2. The molecule has 0 amide bonds. The van der Waals surface area contributed by atoms with Gasteiger partial charge in [0.05, 0.1) is 9.48 Å². The number of nitrogens with one attached hydrogen (secondary N) is 1. The molecular weight excluding hydrogens is 338 g/mol. The zero-order valence-electron chi connectivity index (χ0n) is 12.0. The molecule has 20 heavy (non-hydrogen) atoms. The number of hydrogen-bond donors (Lipinski definition) is 1. The van der Waals surface area contributed by atoms with Crippen molar-refractivity contribution in [2.24, 2.45) is 5.92 Å². The SMILES string of the molecule is CC(C)CNCc1coc(N(C)Cc2csc(Br)c2)n1. The van der Waals surface area contributed by atoms with Crippen molar-refractivity contribution in [3.8, 4) is 0 Å². The van der Waals surface area contributed by atoms with Crippen molar-refractivity contribution in [3.05, 3.63) is 32.8 Å². The Morgan fingerprint density at radius 2 is 2.30 bits per heavy atom. The number of anilines is 1. The van der Waals surface area contributed by atoms with Gasteiger partial charge >= 0.3 is 0 Å². The van der Waals surface area contributed by atoms with E-state index in [0.717, 1.165) is 29.1 Å². The lowest BCUT2D eigenvalue weighted by Gasteiger charge is -2.12. The van der Waals surface area contributed by atoms with Crippen molar-refractivity contribution in [2.45, 2.75) is 26.9 Å². The van der Waals surface area contributed by atoms with Crippen LogP contribution in [0.4, 0.5) is 6.01 Å². The molecule has 0 aliphatic carbocycles. The van der Waals surface area contributed by atoms with Crippen LogP contribution >= 0.6 is 27.3 Å². The van der Waals surface area contributed by atoms with Crippen LogP contribution in [0.2, 0.25) is 0 Å². The molecule has 0 atom stereocenters. The normalized spacial score (nSPS) is 11.2. The van der Waals surface area contributed by atoms with Gasteiger partial charge in [-0.05, 0) is 45.4 Å². The van der Waals surface area contributed by atoms with E-state index in [2.05, 4.69) is 51.5 Å². The first-order valence-electron chi connectivity index (χ1n) is 6.63. The van der Waals surface area contributed by atoms with Gasteiger partial charge in [-0.25, -0.2) is 0 Å². The summed E-state index contributed by atoms with van der Waals surface area (Å²) in [5.41, 5.74) is 2.20. The van der Waals surface area contributed by atoms with Crippen molar-refractivity contribution in [1.82, 2.24) is 10.3 Å². The van der Waals surface area contributed by atoms with Crippen molar-refractivity contribution in [1.29, 1.82) is 0 Å². The lowest BCUT2D eigenvalue weighted by molar-refractivity contribution is 0.535. The fourth-order valence-corrected chi connectivity index (χ4v) is 3.01. The molecule has 0 unspecified atom stereocenters. The maximum atomic E-state index is 5.53. The third kappa shape index (κ3) is 4.61. The molecule has 1 N–H and O–H groups in total. The standard InChI is InChI=1S/C14H20BrN3OS/c1-10(2)5-16-6-12-8-19-14(17-12)18(3)7-11-4-13(15)20-9-11/h4,8-10,16H,5-7H2,1-3H3. The van der Waals surface area contributed by atoms with Crippen LogP contribution in [0, 0.1) is 5.92 Å². The van der Waals surface area contributed by atoms with Crippen LogP contribution < -0.4 is 10.2 Å². The molecule has 2 heterocycles. The van der Waals surface area contributed by atoms with E-state index in [0.29, 0.717) is 11.9 Å². The minimum atomic E-state index is 0.640. The van der Waals surface area contributed by atoms with E-state index < -0.39 is 0 Å². The Morgan fingerprint density at radius 1 is 1.50 bits per heavy atom. The van der Waals surface area contributed by atoms with Gasteiger partial charge in [0.2, 0.25) is 0 Å². The Bertz CT molecular complexity index is 538. The second-order valence-corrected chi connectivity index (χ2v) is 7.55. The van der Waals surface area contributed by atoms with Gasteiger partial charge in [0.25, 0.3) is 6.01 Å². The molecule has 0 spiro atoms. The summed E-state index contributed by atoms with van der Waals surface area (Å²) in [5.74, 6) is 0.640. The molecule has 0 aromatic carbocycles. The van der Waals surface area contributed by atoms with Crippen LogP contribution in [0.3, 0.4) is 0 Å². The second kappa shape index (κ2) is 7.24. The highest BCUT2D eigenvalue weighted by atomic mass is 79.9. The highest BCUT2D eigenvalue weighted by Gasteiger charge is 2.10. The summed E-state index contributed by atoms with van der Waals surface area (Å²) in [4.78, 5) is 6.51. The maximum Gasteiger partial charge on any atom is 0.297 e. The summed E-state index contributed by atoms with van der Waals surface area (Å²) >= 11 is 5.16. The zero-order valence-corrected chi connectivity index (χ0v) is 14.4. The van der Waals surface area contributed by atoms with Crippen molar-refractivity contribution >= 4 is 33.3 Å². The monoisotopic (exact) mass is 357 g/mol. The molecule has 0 saturated carbocycles. The van der Waals surface area contributed by atoms with Gasteiger partial charge in [0.15, 0.2) is 0 Å². The molecule has 0 aliphatic rings. The first-order valence-corrected chi connectivity index (χ1v) is 8.31. The van der Waals surface area contributed by atoms with Crippen LogP contribution in [0.25, 0.3) is 0 Å². The summed E-state index contributed by atoms with van der Waals surface area (Å²) < 4.78 is 6.67. The van der Waals surface area contributed by atoms with Crippen LogP contribution in [0.1, 0.15) is 25.1 Å². The van der Waals surface area contributed by atoms with Crippen LogP contribution in [0.5, 0.6) is 0 Å². The van der Waals surface area contributed by atoms with E-state index in [9.17, 15) is 0 Å². The fraction of sp³-hybridized carbons (Fsp3) is 0.500. The summed E-state index contributed by atoms with van der Waals surface area (Å²) in [6.07, 6.45) is 1.72. The Hall–Kier alpha value is -0.850. The average Bonchev–Trinajstić information content (AvgIpc) is 2.98. The predicted molar refractivity (Wildman–Crippen MR) is 87.2 cm³/mol. The number of aromatic nitrogens is 1. The molecule has 6 heteroatoms. The van der Waals surface area contributed by atoms with Crippen molar-refractivity contribution in [3.63, 3.8) is 0 Å². The van der Waals surface area contributed by atoms with Gasteiger partial charge in [-0.2, -0.15) is 4.98 Å². The van der Waals surface area contributed by atoms with E-state index in [1.54, 1.807) is 17.6 Å². The third-order valence-electron chi connectivity index (χ3n) is 2.77. The summed E-state index contributed by atoms with van der Waals surface area (Å²) in [6.45, 7) is 6.91. The molecule has 0 fully saturated rings. The Kier molecular flexibility index (Phi) is 5.63. The largest absolute Gasteiger partial charge is 0.432 e. The van der Waals surface area contributed by atoms with E-state index in [4.69, 9.17) is 4.42 Å². The van der Waals surface area contributed by atoms with Crippen molar-refractivity contribution < 1.29 is 4.42 Å². The minimum Gasteiger partial charge on any atom is -0.432 e. The lowest BCUT2D eigenvalue weighted by Crippen LogP contribution is -2.19. The van der Waals surface area contributed by atoms with Crippen molar-refractivity contribution in [2.75, 3.05) is 18.5 Å². The molecule has 4 nitrogen and oxygen atoms in total. The quantitative estimate of drug-likeness (QED) is 0.816. The molecule has 2 rings (SSSR count). The fourth-order valence-electron chi connectivity index (χ4n) is 1.81. The number of hydrogen-bond acceptors (Lipinski definition) is 5. The Balaban J connectivity index is 1.87. The highest BCUT2D eigenvalue weighted by molar-refractivity contribution is 9.11. The smallest absolute Gasteiger partial charge is 0.297 e. The van der Waals surface area contributed by atoms with Gasteiger partial charge < -0.3 is 14.6 Å². The van der Waals surface area contributed by atoms with E-state index >= 15 is 0 Å². The highest BCUT2D eigenvalue weighted by Crippen LogP contribution is 2.23. The molecule has 0 aliphatic heterocycles. The topological polar surface area (TPSA) is 41.3 Å². The van der Waals surface area contributed by atoms with Gasteiger partial charge in [-0.1, -0.05) is 13.8 Å². The van der Waals surface area contributed by atoms with E-state index in [-0.39, 0.29) is 0 Å². The Labute approximate surface area is 132 Å². The molecule has 0 radical (unpaired) electrons. The number of rotatable bonds is 7. The van der Waals surface area contributed by atoms with E-state index in [1.165, 1.54) is 5.56 Å². The molecule has 2 aromatic rings. The maximum absolute atomic E-state index is 5.53. The molecule has 0 bridgehead atoms. The molecule has 110 valence electrons. The molecular formula is C14H20BrN3OS. The average molecular weight is 358 g/mol. The van der Waals surface area contributed by atoms with Gasteiger partial charge in [0.1, 0.15) is 6.26 Å². The minimum absolute atomic E-state index is 0.640. The summed E-state index contributed by atoms with van der Waals surface area (Å²) in [7, 11) is 1.99. The lowest BCUT2D eigenvalue weighted by atomic mass is 10.2. The van der Waals surface area contributed by atoms with E-state index in [1.807, 2.05) is 11.9 Å². The first kappa shape index (κ1) is 15.5. The molecule has 0 saturated heterocycles. The first-order chi connectivity index (χ1) is 9.54. The molecule has 2 aromatic heterocycles. The number of thiophene rings is 1. The summed E-state index contributed by atoms with van der Waals surface area (Å²) in [5, 5.41) is 5.49. The van der Waals surface area contributed by atoms with Gasteiger partial charge in [-0.15, -0.1) is 11.3 Å². The summed E-state index contributed by atoms with van der Waals surface area (Å²) in [6, 6.07) is 2.78. The van der Waals surface area contributed by atoms with Gasteiger partial charge in [-0.3, -0.25) is 0 Å². The Morgan fingerprint density at radius 3 is 2.95 bits per heavy atom. The third-order valence-corrected chi connectivity index (χ3v) is 4.32.